The van der Waals surface area contributed by atoms with E-state index in [2.05, 4.69) is 10.1 Å². The molecule has 0 fully saturated rings. The van der Waals surface area contributed by atoms with Crippen molar-refractivity contribution < 1.29 is 9.84 Å². The van der Waals surface area contributed by atoms with Gasteiger partial charge in [-0.25, -0.2) is 9.50 Å². The van der Waals surface area contributed by atoms with Crippen molar-refractivity contribution in [3.63, 3.8) is 0 Å². The molecule has 2 heterocycles. The van der Waals surface area contributed by atoms with Gasteiger partial charge in [-0.2, -0.15) is 0 Å². The number of fused-ring (bicyclic) bond motifs is 1. The van der Waals surface area contributed by atoms with Crippen molar-refractivity contribution in [3.05, 3.63) is 42.1 Å². The highest BCUT2D eigenvalue weighted by atomic mass is 16.5. The number of phenols is 1. The predicted octanol–water partition coefficient (Wildman–Crippen LogP) is 2.42. The maximum Gasteiger partial charge on any atom is 0.182 e. The third-order valence-electron chi connectivity index (χ3n) is 2.92. The Morgan fingerprint density at radius 1 is 1.21 bits per heavy atom. The van der Waals surface area contributed by atoms with Gasteiger partial charge in [0, 0.05) is 11.8 Å². The van der Waals surface area contributed by atoms with Crippen molar-refractivity contribution in [1.82, 2.24) is 14.6 Å². The third kappa shape index (κ3) is 1.99. The predicted molar refractivity (Wildman–Crippen MR) is 71.4 cm³/mol. The molecule has 3 rings (SSSR count). The minimum absolute atomic E-state index is 0.103. The Kier molecular flexibility index (Phi) is 2.59. The van der Waals surface area contributed by atoms with E-state index in [1.807, 2.05) is 25.3 Å². The molecule has 0 spiro atoms. The number of rotatable bonds is 2. The van der Waals surface area contributed by atoms with Gasteiger partial charge >= 0.3 is 0 Å². The van der Waals surface area contributed by atoms with Crippen LogP contribution in [0.15, 0.2) is 36.5 Å². The van der Waals surface area contributed by atoms with E-state index in [-0.39, 0.29) is 5.75 Å². The molecule has 5 heteroatoms. The van der Waals surface area contributed by atoms with Crippen LogP contribution in [0.2, 0.25) is 0 Å². The number of aromatic nitrogens is 3. The van der Waals surface area contributed by atoms with Gasteiger partial charge in [-0.1, -0.05) is 6.07 Å². The Balaban J connectivity index is 2.13. The Labute approximate surface area is 110 Å². The van der Waals surface area contributed by atoms with Gasteiger partial charge in [0.25, 0.3) is 0 Å². The molecular formula is C14H13N3O2. The summed E-state index contributed by atoms with van der Waals surface area (Å²) in [7, 11) is 1.51. The average molecular weight is 255 g/mol. The molecule has 1 aromatic carbocycles. The molecule has 0 amide bonds. The molecule has 0 aliphatic carbocycles. The van der Waals surface area contributed by atoms with Crippen LogP contribution in [0.25, 0.3) is 17.0 Å². The smallest absolute Gasteiger partial charge is 0.182 e. The Morgan fingerprint density at radius 3 is 2.84 bits per heavy atom. The molecule has 19 heavy (non-hydrogen) atoms. The zero-order chi connectivity index (χ0) is 13.4. The van der Waals surface area contributed by atoms with Crippen LogP contribution in [0.5, 0.6) is 11.5 Å². The summed E-state index contributed by atoms with van der Waals surface area (Å²) in [6.07, 6.45) is 1.92. The largest absolute Gasteiger partial charge is 0.504 e. The van der Waals surface area contributed by atoms with Gasteiger partial charge in [-0.15, -0.1) is 5.10 Å². The highest BCUT2D eigenvalue weighted by molar-refractivity contribution is 5.62. The minimum atomic E-state index is 0.103. The molecule has 2 aromatic heterocycles. The number of nitrogens with zero attached hydrogens (tertiary/aromatic N) is 3. The van der Waals surface area contributed by atoms with E-state index in [0.717, 1.165) is 16.8 Å². The molecule has 0 radical (unpaired) electrons. The highest BCUT2D eigenvalue weighted by Crippen LogP contribution is 2.30. The first kappa shape index (κ1) is 11.5. The van der Waals surface area contributed by atoms with Crippen LogP contribution in [0.4, 0.5) is 0 Å². The van der Waals surface area contributed by atoms with E-state index < -0.39 is 0 Å². The van der Waals surface area contributed by atoms with Crippen LogP contribution < -0.4 is 4.74 Å². The molecule has 0 aliphatic heterocycles. The molecule has 0 bridgehead atoms. The first-order valence-corrected chi connectivity index (χ1v) is 5.88. The van der Waals surface area contributed by atoms with Gasteiger partial charge in [0.1, 0.15) is 0 Å². The van der Waals surface area contributed by atoms with Crippen LogP contribution in [0.1, 0.15) is 5.56 Å². The van der Waals surface area contributed by atoms with Crippen LogP contribution in [0, 0.1) is 6.92 Å². The summed E-state index contributed by atoms with van der Waals surface area (Å²) in [4.78, 5) is 4.44. The zero-order valence-electron chi connectivity index (χ0n) is 10.7. The number of hydrogen-bond acceptors (Lipinski definition) is 4. The number of aromatic hydroxyl groups is 1. The number of benzene rings is 1. The van der Waals surface area contributed by atoms with Crippen LogP contribution >= 0.6 is 0 Å². The normalized spacial score (nSPS) is 10.8. The molecule has 0 saturated heterocycles. The number of phenolic OH excluding ortho intramolecular Hbond substituents is 1. The highest BCUT2D eigenvalue weighted by Gasteiger charge is 2.09. The van der Waals surface area contributed by atoms with Crippen LogP contribution in [-0.4, -0.2) is 26.8 Å². The topological polar surface area (TPSA) is 59.7 Å². The Bertz CT molecular complexity index is 750. The molecule has 3 aromatic rings. The van der Waals surface area contributed by atoms with Gasteiger partial charge in [-0.3, -0.25) is 0 Å². The fourth-order valence-electron chi connectivity index (χ4n) is 1.92. The molecule has 0 unspecified atom stereocenters. The molecule has 0 aliphatic rings. The Hall–Kier alpha value is -2.56. The third-order valence-corrected chi connectivity index (χ3v) is 2.92. The van der Waals surface area contributed by atoms with Gasteiger partial charge in [0.15, 0.2) is 23.0 Å². The lowest BCUT2D eigenvalue weighted by Crippen LogP contribution is -1.88. The number of hydrogen-bond donors (Lipinski definition) is 1. The van der Waals surface area contributed by atoms with Crippen molar-refractivity contribution in [3.8, 4) is 22.9 Å². The second kappa shape index (κ2) is 4.28. The first-order chi connectivity index (χ1) is 9.17. The van der Waals surface area contributed by atoms with E-state index in [4.69, 9.17) is 4.74 Å². The summed E-state index contributed by atoms with van der Waals surface area (Å²) in [6.45, 7) is 2.00. The molecule has 0 atom stereocenters. The van der Waals surface area contributed by atoms with Crippen molar-refractivity contribution in [2.45, 2.75) is 6.92 Å². The van der Waals surface area contributed by atoms with E-state index in [1.54, 1.807) is 22.7 Å². The minimum Gasteiger partial charge on any atom is -0.504 e. The quantitative estimate of drug-likeness (QED) is 0.764. The summed E-state index contributed by atoms with van der Waals surface area (Å²) in [5.41, 5.74) is 2.70. The van der Waals surface area contributed by atoms with Crippen molar-refractivity contribution in [1.29, 1.82) is 0 Å². The molecule has 1 N–H and O–H groups in total. The second-order valence-electron chi connectivity index (χ2n) is 4.33. The Morgan fingerprint density at radius 2 is 2.05 bits per heavy atom. The summed E-state index contributed by atoms with van der Waals surface area (Å²) in [5, 5.41) is 14.0. The van der Waals surface area contributed by atoms with Crippen molar-refractivity contribution >= 4 is 5.65 Å². The van der Waals surface area contributed by atoms with Gasteiger partial charge in [-0.05, 0) is 36.8 Å². The van der Waals surface area contributed by atoms with Gasteiger partial charge in [0.2, 0.25) is 0 Å². The van der Waals surface area contributed by atoms with E-state index in [9.17, 15) is 5.11 Å². The van der Waals surface area contributed by atoms with E-state index in [1.165, 1.54) is 7.11 Å². The number of aryl methyl sites for hydroxylation is 1. The maximum atomic E-state index is 9.59. The van der Waals surface area contributed by atoms with E-state index in [0.29, 0.717) is 11.6 Å². The molecule has 5 nitrogen and oxygen atoms in total. The SMILES string of the molecule is COc1cc(-c2nc3ccc(C)cn3n2)ccc1O. The maximum absolute atomic E-state index is 9.59. The second-order valence-corrected chi connectivity index (χ2v) is 4.33. The fourth-order valence-corrected chi connectivity index (χ4v) is 1.92. The van der Waals surface area contributed by atoms with Gasteiger partial charge < -0.3 is 9.84 Å². The summed E-state index contributed by atoms with van der Waals surface area (Å²) in [6, 6.07) is 8.97. The monoisotopic (exact) mass is 255 g/mol. The summed E-state index contributed by atoms with van der Waals surface area (Å²) in [5.74, 6) is 1.11. The summed E-state index contributed by atoms with van der Waals surface area (Å²) < 4.78 is 6.83. The fraction of sp³-hybridized carbons (Fsp3) is 0.143. The van der Waals surface area contributed by atoms with Crippen molar-refractivity contribution in [2.24, 2.45) is 0 Å². The first-order valence-electron chi connectivity index (χ1n) is 5.88. The number of ether oxygens (including phenoxy) is 1. The van der Waals surface area contributed by atoms with Crippen molar-refractivity contribution in [2.75, 3.05) is 7.11 Å². The lowest BCUT2D eigenvalue weighted by atomic mass is 10.2. The lowest BCUT2D eigenvalue weighted by Gasteiger charge is -2.03. The molecular weight excluding hydrogens is 242 g/mol. The zero-order valence-corrected chi connectivity index (χ0v) is 10.7. The summed E-state index contributed by atoms with van der Waals surface area (Å²) >= 11 is 0. The number of pyridine rings is 1. The lowest BCUT2D eigenvalue weighted by molar-refractivity contribution is 0.373. The average Bonchev–Trinajstić information content (AvgIpc) is 2.82. The standard InChI is InChI=1S/C14H13N3O2/c1-9-3-6-13-15-14(16-17(13)8-9)10-4-5-11(18)12(7-10)19-2/h3-8,18H,1-2H3. The number of methoxy groups -OCH3 is 1. The molecule has 0 saturated carbocycles. The van der Waals surface area contributed by atoms with E-state index >= 15 is 0 Å². The van der Waals surface area contributed by atoms with Gasteiger partial charge in [0.05, 0.1) is 7.11 Å². The van der Waals surface area contributed by atoms with Crippen LogP contribution in [-0.2, 0) is 0 Å². The van der Waals surface area contributed by atoms with Crippen LogP contribution in [0.3, 0.4) is 0 Å². The molecule has 96 valence electrons.